The molecule has 1 aromatic heterocycles. The molecule has 0 bridgehead atoms. The third-order valence-electron chi connectivity index (χ3n) is 4.97. The fraction of sp³-hybridized carbons (Fsp3) is 0.417. The maximum absolute atomic E-state index is 12.6. The van der Waals surface area contributed by atoms with Crippen LogP contribution < -0.4 is 11.1 Å². The highest BCUT2D eigenvalue weighted by molar-refractivity contribution is 6.31. The first-order valence-corrected chi connectivity index (χ1v) is 11.1. The summed E-state index contributed by atoms with van der Waals surface area (Å²) in [5.41, 5.74) is 9.60. The quantitative estimate of drug-likeness (QED) is 0.367. The maximum Gasteiger partial charge on any atom is 0.307 e. The molecule has 1 heterocycles. The number of amidine groups is 1. The SMILES string of the molecule is CCc1nc(CNCC(C)C(=O)O)ccc1C(N)=NC(=O)c1ccc(CC(C)C)c(Cl)c1. The molecular weight excluding hydrogens is 428 g/mol. The van der Waals surface area contributed by atoms with Crippen molar-refractivity contribution in [2.45, 2.75) is 47.1 Å². The van der Waals surface area contributed by atoms with Crippen molar-refractivity contribution in [1.29, 1.82) is 0 Å². The van der Waals surface area contributed by atoms with Crippen LogP contribution >= 0.6 is 11.6 Å². The number of pyridine rings is 1. The van der Waals surface area contributed by atoms with Crippen LogP contribution in [0.2, 0.25) is 5.02 Å². The van der Waals surface area contributed by atoms with Crippen molar-refractivity contribution in [1.82, 2.24) is 10.3 Å². The fourth-order valence-electron chi connectivity index (χ4n) is 3.17. The van der Waals surface area contributed by atoms with Gasteiger partial charge in [0.05, 0.1) is 17.3 Å². The minimum atomic E-state index is -0.848. The molecule has 1 atom stereocenters. The smallest absolute Gasteiger partial charge is 0.307 e. The Labute approximate surface area is 194 Å². The molecule has 1 aromatic carbocycles. The second-order valence-corrected chi connectivity index (χ2v) is 8.63. The van der Waals surface area contributed by atoms with E-state index in [-0.39, 0.29) is 5.84 Å². The van der Waals surface area contributed by atoms with E-state index in [0.717, 1.165) is 23.4 Å². The number of halogens is 1. The second kappa shape index (κ2) is 11.7. The van der Waals surface area contributed by atoms with Gasteiger partial charge in [0.15, 0.2) is 0 Å². The first-order chi connectivity index (χ1) is 15.1. The molecule has 32 heavy (non-hydrogen) atoms. The molecule has 1 amide bonds. The summed E-state index contributed by atoms with van der Waals surface area (Å²) in [6.07, 6.45) is 1.44. The number of aliphatic carboxylic acids is 1. The Hall–Kier alpha value is -2.77. The minimum Gasteiger partial charge on any atom is -0.481 e. The molecule has 0 saturated carbocycles. The van der Waals surface area contributed by atoms with Gasteiger partial charge in [-0.2, -0.15) is 4.99 Å². The van der Waals surface area contributed by atoms with Crippen molar-refractivity contribution < 1.29 is 14.7 Å². The second-order valence-electron chi connectivity index (χ2n) is 8.23. The van der Waals surface area contributed by atoms with E-state index in [4.69, 9.17) is 22.4 Å². The summed E-state index contributed by atoms with van der Waals surface area (Å²) in [6, 6.07) is 8.78. The first-order valence-electron chi connectivity index (χ1n) is 10.7. The summed E-state index contributed by atoms with van der Waals surface area (Å²) < 4.78 is 0. The Balaban J connectivity index is 2.15. The van der Waals surface area contributed by atoms with E-state index in [9.17, 15) is 9.59 Å². The van der Waals surface area contributed by atoms with Crippen molar-refractivity contribution in [3.05, 3.63) is 63.4 Å². The molecule has 7 nitrogen and oxygen atoms in total. The number of rotatable bonds is 10. The van der Waals surface area contributed by atoms with Gasteiger partial charge in [0, 0.05) is 29.2 Å². The highest BCUT2D eigenvalue weighted by Crippen LogP contribution is 2.21. The number of nitrogens with two attached hydrogens (primary N) is 1. The van der Waals surface area contributed by atoms with Crippen LogP contribution in [0.5, 0.6) is 0 Å². The Morgan fingerprint density at radius 1 is 1.22 bits per heavy atom. The first kappa shape index (κ1) is 25.5. The van der Waals surface area contributed by atoms with Gasteiger partial charge in [-0.1, -0.05) is 45.4 Å². The molecule has 0 radical (unpaired) electrons. The van der Waals surface area contributed by atoms with E-state index in [1.54, 1.807) is 31.2 Å². The summed E-state index contributed by atoms with van der Waals surface area (Å²) in [5, 5.41) is 12.6. The van der Waals surface area contributed by atoms with Crippen molar-refractivity contribution in [2.75, 3.05) is 6.54 Å². The predicted molar refractivity (Wildman–Crippen MR) is 127 cm³/mol. The van der Waals surface area contributed by atoms with Gasteiger partial charge in [0.25, 0.3) is 5.91 Å². The van der Waals surface area contributed by atoms with E-state index in [1.165, 1.54) is 0 Å². The summed E-state index contributed by atoms with van der Waals surface area (Å²) in [6.45, 7) is 8.58. The molecule has 8 heteroatoms. The number of carbonyl (C=O) groups excluding carboxylic acids is 1. The highest BCUT2D eigenvalue weighted by atomic mass is 35.5. The highest BCUT2D eigenvalue weighted by Gasteiger charge is 2.14. The Bertz CT molecular complexity index is 1000. The zero-order chi connectivity index (χ0) is 23.8. The number of hydrogen-bond acceptors (Lipinski definition) is 4. The zero-order valence-corrected chi connectivity index (χ0v) is 19.7. The number of carboxylic acids is 1. The van der Waals surface area contributed by atoms with Gasteiger partial charge in [-0.25, -0.2) is 0 Å². The molecule has 172 valence electrons. The summed E-state index contributed by atoms with van der Waals surface area (Å²) >= 11 is 6.33. The number of nitrogens with zero attached hydrogens (tertiary/aromatic N) is 2. The number of aryl methyl sites for hydroxylation is 1. The lowest BCUT2D eigenvalue weighted by molar-refractivity contribution is -0.140. The molecule has 0 saturated heterocycles. The normalized spacial score (nSPS) is 12.8. The number of nitrogens with one attached hydrogen (secondary N) is 1. The standard InChI is InChI=1S/C24H31ClN4O3/c1-5-21-19(9-8-18(28-21)13-27-12-15(4)24(31)32)22(26)29-23(30)17-7-6-16(10-14(2)3)20(25)11-17/h6-9,11,14-15,27H,5,10,12-13H2,1-4H3,(H,31,32)(H2,26,29,30). The van der Waals surface area contributed by atoms with E-state index in [2.05, 4.69) is 29.1 Å². The average Bonchev–Trinajstić information content (AvgIpc) is 2.74. The van der Waals surface area contributed by atoms with E-state index >= 15 is 0 Å². The van der Waals surface area contributed by atoms with Gasteiger partial charge >= 0.3 is 5.97 Å². The van der Waals surface area contributed by atoms with Crippen LogP contribution in [0.3, 0.4) is 0 Å². The van der Waals surface area contributed by atoms with E-state index in [1.807, 2.05) is 13.0 Å². The van der Waals surface area contributed by atoms with Crippen molar-refractivity contribution in [3.63, 3.8) is 0 Å². The number of hydrogen-bond donors (Lipinski definition) is 3. The molecule has 2 aromatic rings. The van der Waals surface area contributed by atoms with E-state index < -0.39 is 17.8 Å². The third kappa shape index (κ3) is 7.14. The van der Waals surface area contributed by atoms with Crippen LogP contribution in [0, 0.1) is 11.8 Å². The predicted octanol–water partition coefficient (Wildman–Crippen LogP) is 3.85. The van der Waals surface area contributed by atoms with E-state index in [0.29, 0.717) is 41.6 Å². The molecular formula is C24H31ClN4O3. The number of amides is 1. The maximum atomic E-state index is 12.6. The molecule has 0 aliphatic heterocycles. The van der Waals surface area contributed by atoms with Gasteiger partial charge in [-0.3, -0.25) is 14.6 Å². The van der Waals surface area contributed by atoms with Crippen LogP contribution in [0.15, 0.2) is 35.3 Å². The fourth-order valence-corrected chi connectivity index (χ4v) is 3.43. The average molecular weight is 459 g/mol. The lowest BCUT2D eigenvalue weighted by atomic mass is 10.0. The van der Waals surface area contributed by atoms with Gasteiger partial charge in [0.2, 0.25) is 0 Å². The third-order valence-corrected chi connectivity index (χ3v) is 5.32. The Morgan fingerprint density at radius 3 is 2.53 bits per heavy atom. The van der Waals surface area contributed by atoms with Gasteiger partial charge in [-0.05, 0) is 48.6 Å². The largest absolute Gasteiger partial charge is 0.481 e. The molecule has 0 spiro atoms. The topological polar surface area (TPSA) is 118 Å². The lowest BCUT2D eigenvalue weighted by Crippen LogP contribution is -2.26. The van der Waals surface area contributed by atoms with Gasteiger partial charge in [-0.15, -0.1) is 0 Å². The van der Waals surface area contributed by atoms with Crippen LogP contribution in [-0.4, -0.2) is 34.3 Å². The van der Waals surface area contributed by atoms with Crippen LogP contribution in [0.25, 0.3) is 0 Å². The number of benzene rings is 1. The van der Waals surface area contributed by atoms with Gasteiger partial charge in [0.1, 0.15) is 5.84 Å². The van der Waals surface area contributed by atoms with Gasteiger partial charge < -0.3 is 16.2 Å². The summed E-state index contributed by atoms with van der Waals surface area (Å²) in [5.74, 6) is -1.24. The van der Waals surface area contributed by atoms with Crippen LogP contribution in [-0.2, 0) is 24.2 Å². The van der Waals surface area contributed by atoms with Crippen LogP contribution in [0.1, 0.15) is 60.6 Å². The minimum absolute atomic E-state index is 0.0979. The molecule has 1 unspecified atom stereocenters. The Kier molecular flexibility index (Phi) is 9.35. The number of aromatic nitrogens is 1. The number of aliphatic imine (C=N–C) groups is 1. The zero-order valence-electron chi connectivity index (χ0n) is 19.0. The van der Waals surface area contributed by atoms with Crippen molar-refractivity contribution in [2.24, 2.45) is 22.6 Å². The molecule has 0 aliphatic carbocycles. The van der Waals surface area contributed by atoms with Crippen LogP contribution in [0.4, 0.5) is 0 Å². The molecule has 0 aliphatic rings. The lowest BCUT2D eigenvalue weighted by Gasteiger charge is -2.11. The number of carbonyl (C=O) groups is 2. The number of carboxylic acid groups (broad SMARTS) is 1. The molecule has 0 fully saturated rings. The molecule has 2 rings (SSSR count). The van der Waals surface area contributed by atoms with Crippen molar-refractivity contribution in [3.8, 4) is 0 Å². The monoisotopic (exact) mass is 458 g/mol. The summed E-state index contributed by atoms with van der Waals surface area (Å²) in [4.78, 5) is 32.2. The summed E-state index contributed by atoms with van der Waals surface area (Å²) in [7, 11) is 0. The molecule has 4 N–H and O–H groups in total. The Morgan fingerprint density at radius 2 is 1.94 bits per heavy atom. The van der Waals surface area contributed by atoms with Crippen molar-refractivity contribution >= 4 is 29.3 Å².